The van der Waals surface area contributed by atoms with E-state index in [-0.39, 0.29) is 11.6 Å². The summed E-state index contributed by atoms with van der Waals surface area (Å²) in [7, 11) is -1.89. The number of fused-ring (bicyclic) bond motifs is 1. The zero-order valence-corrected chi connectivity index (χ0v) is 13.4. The molecule has 0 spiro atoms. The van der Waals surface area contributed by atoms with Gasteiger partial charge in [0.05, 0.1) is 8.07 Å². The Kier molecular flexibility index (Phi) is 3.17. The van der Waals surface area contributed by atoms with Crippen LogP contribution in [0.15, 0.2) is 53.7 Å². The van der Waals surface area contributed by atoms with Crippen molar-refractivity contribution in [1.82, 2.24) is 0 Å². The Balaban J connectivity index is 2.39. The first kappa shape index (κ1) is 14.0. The van der Waals surface area contributed by atoms with Crippen LogP contribution in [0.2, 0.25) is 19.6 Å². The van der Waals surface area contributed by atoms with Gasteiger partial charge in [0.15, 0.2) is 5.78 Å². The second-order valence-corrected chi connectivity index (χ2v) is 11.4. The molecule has 1 aliphatic carbocycles. The molecule has 2 aromatic carbocycles. The lowest BCUT2D eigenvalue weighted by molar-refractivity contribution is 0.104. The third-order valence-corrected chi connectivity index (χ3v) is 5.77. The molecule has 0 unspecified atom stereocenters. The van der Waals surface area contributed by atoms with Crippen molar-refractivity contribution in [3.05, 3.63) is 76.2 Å². The van der Waals surface area contributed by atoms with E-state index in [1.165, 1.54) is 6.07 Å². The van der Waals surface area contributed by atoms with Crippen LogP contribution >= 0.6 is 0 Å². The number of carbonyl (C=O) groups excluding carboxylic acids is 1. The van der Waals surface area contributed by atoms with E-state index in [9.17, 15) is 9.18 Å². The van der Waals surface area contributed by atoms with Gasteiger partial charge in [-0.05, 0) is 22.4 Å². The van der Waals surface area contributed by atoms with Crippen molar-refractivity contribution in [2.45, 2.75) is 19.6 Å². The summed E-state index contributed by atoms with van der Waals surface area (Å²) in [6.07, 6.45) is 0. The van der Waals surface area contributed by atoms with E-state index in [0.717, 1.165) is 16.3 Å². The normalized spacial score (nSPS) is 14.6. The molecular weight excluding hydrogens is 279 g/mol. The first-order valence-electron chi connectivity index (χ1n) is 7.05. The topological polar surface area (TPSA) is 17.1 Å². The molecule has 0 N–H and O–H groups in total. The molecule has 0 atom stereocenters. The molecule has 0 radical (unpaired) electrons. The summed E-state index contributed by atoms with van der Waals surface area (Å²) in [6, 6.07) is 14.5. The van der Waals surface area contributed by atoms with Crippen molar-refractivity contribution in [1.29, 1.82) is 0 Å². The van der Waals surface area contributed by atoms with E-state index >= 15 is 0 Å². The highest BCUT2D eigenvalue weighted by molar-refractivity contribution is 6.89. The molecule has 0 heterocycles. The summed E-state index contributed by atoms with van der Waals surface area (Å²) in [5.41, 5.74) is 2.71. The quantitative estimate of drug-likeness (QED) is 0.734. The van der Waals surface area contributed by atoms with Gasteiger partial charge in [0.25, 0.3) is 0 Å². The molecule has 3 heteroatoms. The Hall–Kier alpha value is -2.00. The van der Waals surface area contributed by atoms with E-state index < -0.39 is 8.07 Å². The Morgan fingerprint density at radius 3 is 2.19 bits per heavy atom. The molecule has 0 amide bonds. The Morgan fingerprint density at radius 1 is 0.905 bits per heavy atom. The van der Waals surface area contributed by atoms with Crippen molar-refractivity contribution in [2.75, 3.05) is 0 Å². The number of halogens is 1. The number of carbonyl (C=O) groups is 1. The third-order valence-electron chi connectivity index (χ3n) is 3.80. The average Bonchev–Trinajstić information content (AvgIpc) is 2.75. The predicted octanol–water partition coefficient (Wildman–Crippen LogP) is 4.70. The molecule has 21 heavy (non-hydrogen) atoms. The van der Waals surface area contributed by atoms with Crippen molar-refractivity contribution < 1.29 is 9.18 Å². The van der Waals surface area contributed by atoms with Gasteiger partial charge in [0.2, 0.25) is 0 Å². The fourth-order valence-corrected chi connectivity index (χ4v) is 4.78. The molecule has 106 valence electrons. The van der Waals surface area contributed by atoms with Crippen LogP contribution in [0.1, 0.15) is 21.5 Å². The van der Waals surface area contributed by atoms with E-state index in [0.29, 0.717) is 11.1 Å². The van der Waals surface area contributed by atoms with Gasteiger partial charge in [-0.15, -0.1) is 0 Å². The maximum atomic E-state index is 14.4. The van der Waals surface area contributed by atoms with Crippen molar-refractivity contribution in [2.24, 2.45) is 0 Å². The van der Waals surface area contributed by atoms with Gasteiger partial charge in [0, 0.05) is 11.1 Å². The fourth-order valence-electron chi connectivity index (χ4n) is 2.95. The largest absolute Gasteiger partial charge is 0.289 e. The summed E-state index contributed by atoms with van der Waals surface area (Å²) in [5, 5.41) is 0.828. The van der Waals surface area contributed by atoms with Crippen LogP contribution in [-0.4, -0.2) is 13.9 Å². The van der Waals surface area contributed by atoms with Gasteiger partial charge in [0.1, 0.15) is 5.82 Å². The molecule has 0 aliphatic heterocycles. The smallest absolute Gasteiger partial charge is 0.186 e. The van der Waals surface area contributed by atoms with Crippen LogP contribution in [0.4, 0.5) is 4.39 Å². The molecular formula is C18H17FOSi. The number of allylic oxidation sites excluding steroid dienone is 1. The lowest BCUT2D eigenvalue weighted by atomic mass is 9.99. The third kappa shape index (κ3) is 2.18. The van der Waals surface area contributed by atoms with Crippen LogP contribution in [0.3, 0.4) is 0 Å². The van der Waals surface area contributed by atoms with Crippen LogP contribution in [0.5, 0.6) is 0 Å². The maximum absolute atomic E-state index is 14.4. The number of rotatable bonds is 2. The second kappa shape index (κ2) is 4.78. The lowest BCUT2D eigenvalue weighted by Gasteiger charge is -2.19. The van der Waals surface area contributed by atoms with Crippen molar-refractivity contribution in [3.63, 3.8) is 0 Å². The van der Waals surface area contributed by atoms with E-state index in [4.69, 9.17) is 0 Å². The molecule has 3 rings (SSSR count). The first-order valence-corrected chi connectivity index (χ1v) is 10.5. The van der Waals surface area contributed by atoms with E-state index in [1.54, 1.807) is 12.1 Å². The monoisotopic (exact) mass is 296 g/mol. The zero-order valence-electron chi connectivity index (χ0n) is 12.4. The minimum absolute atomic E-state index is 0.00233. The highest BCUT2D eigenvalue weighted by Gasteiger charge is 2.38. The van der Waals surface area contributed by atoms with Crippen LogP contribution in [0, 0.1) is 5.82 Å². The summed E-state index contributed by atoms with van der Waals surface area (Å²) < 4.78 is 14.4. The molecule has 1 aliphatic rings. The minimum atomic E-state index is -1.89. The predicted molar refractivity (Wildman–Crippen MR) is 86.5 cm³/mol. The van der Waals surface area contributed by atoms with Gasteiger partial charge >= 0.3 is 0 Å². The maximum Gasteiger partial charge on any atom is 0.186 e. The number of hydrogen-bond acceptors (Lipinski definition) is 1. The number of benzene rings is 2. The fraction of sp³-hybridized carbons (Fsp3) is 0.167. The lowest BCUT2D eigenvalue weighted by Crippen LogP contribution is -2.28. The van der Waals surface area contributed by atoms with Gasteiger partial charge in [-0.2, -0.15) is 0 Å². The van der Waals surface area contributed by atoms with Gasteiger partial charge in [-0.25, -0.2) is 4.39 Å². The Bertz CT molecular complexity index is 755. The average molecular weight is 296 g/mol. The highest BCUT2D eigenvalue weighted by atomic mass is 28.3. The van der Waals surface area contributed by atoms with E-state index in [2.05, 4.69) is 19.6 Å². The van der Waals surface area contributed by atoms with Gasteiger partial charge in [-0.1, -0.05) is 62.1 Å². The van der Waals surface area contributed by atoms with Crippen molar-refractivity contribution in [3.8, 4) is 0 Å². The van der Waals surface area contributed by atoms with Gasteiger partial charge < -0.3 is 0 Å². The van der Waals surface area contributed by atoms with Crippen LogP contribution in [-0.2, 0) is 0 Å². The Morgan fingerprint density at radius 2 is 1.57 bits per heavy atom. The molecule has 2 aromatic rings. The molecule has 0 saturated carbocycles. The van der Waals surface area contributed by atoms with E-state index in [1.807, 2.05) is 30.3 Å². The molecule has 0 bridgehead atoms. The summed E-state index contributed by atoms with van der Waals surface area (Å²) in [4.78, 5) is 12.8. The summed E-state index contributed by atoms with van der Waals surface area (Å²) >= 11 is 0. The molecule has 1 nitrogen and oxygen atoms in total. The first-order chi connectivity index (χ1) is 9.91. The van der Waals surface area contributed by atoms with Crippen molar-refractivity contribution >= 4 is 19.4 Å². The number of hydrogen-bond donors (Lipinski definition) is 0. The van der Waals surface area contributed by atoms with Gasteiger partial charge in [-0.3, -0.25) is 4.79 Å². The second-order valence-electron chi connectivity index (χ2n) is 6.36. The SMILES string of the molecule is C[Si](C)(C)C1=C(c2ccccc2)c2c(F)cccc2C1=O. The highest BCUT2D eigenvalue weighted by Crippen LogP contribution is 2.42. The standard InChI is InChI=1S/C18H17FOSi/c1-21(2,3)18-15(12-8-5-4-6-9-12)16-13(17(18)20)10-7-11-14(16)19/h4-11H,1-3H3. The molecule has 0 aromatic heterocycles. The number of Topliss-reactive ketones (excluding diaryl/α,β-unsaturated/α-hetero) is 1. The molecule has 0 saturated heterocycles. The summed E-state index contributed by atoms with van der Waals surface area (Å²) in [5.74, 6) is -0.310. The summed E-state index contributed by atoms with van der Waals surface area (Å²) in [6.45, 7) is 6.40. The Labute approximate surface area is 125 Å². The molecule has 0 fully saturated rings. The number of ketones is 1. The van der Waals surface area contributed by atoms with Crippen LogP contribution < -0.4 is 0 Å². The van der Waals surface area contributed by atoms with Crippen LogP contribution in [0.25, 0.3) is 5.57 Å². The zero-order chi connectivity index (χ0) is 15.2. The minimum Gasteiger partial charge on any atom is -0.289 e.